The topological polar surface area (TPSA) is 110 Å². The average molecular weight is 164 g/mol. The fraction of sp³-hybridized carbons (Fsp3) is 0.600. The van der Waals surface area contributed by atoms with Gasteiger partial charge in [-0.3, -0.25) is 0 Å². The van der Waals surface area contributed by atoms with Crippen LogP contribution in [0.1, 0.15) is 0 Å². The maximum Gasteiger partial charge on any atom is 0.296 e. The largest absolute Gasteiger partial charge is 0.504 e. The van der Waals surface area contributed by atoms with Crippen molar-refractivity contribution in [2.45, 2.75) is 11.6 Å². The van der Waals surface area contributed by atoms with Crippen molar-refractivity contribution in [3.8, 4) is 0 Å². The summed E-state index contributed by atoms with van der Waals surface area (Å²) >= 11 is 0. The molecule has 0 aromatic heterocycles. The first kappa shape index (κ1) is 8.28. The molecule has 0 fully saturated rings. The van der Waals surface area contributed by atoms with Crippen molar-refractivity contribution in [2.24, 2.45) is 0 Å². The molecule has 64 valence electrons. The van der Waals surface area contributed by atoms with Gasteiger partial charge in [0.15, 0.2) is 5.76 Å². The van der Waals surface area contributed by atoms with Gasteiger partial charge in [0.2, 0.25) is 0 Å². The molecule has 0 aromatic rings. The minimum Gasteiger partial charge on any atom is -0.504 e. The van der Waals surface area contributed by atoms with Gasteiger partial charge in [-0.05, 0) is 0 Å². The normalized spacial score (nSPS) is 34.7. The van der Waals surface area contributed by atoms with Gasteiger partial charge in [-0.1, -0.05) is 0 Å². The van der Waals surface area contributed by atoms with Crippen LogP contribution in [0.4, 0.5) is 0 Å². The SMILES string of the molecule is OCC1(O)OC=C(O)C1(O)O. The van der Waals surface area contributed by atoms with Crippen LogP contribution in [0, 0.1) is 0 Å². The molecule has 11 heavy (non-hydrogen) atoms. The Bertz CT molecular complexity index is 197. The summed E-state index contributed by atoms with van der Waals surface area (Å²) in [5, 5.41) is 43.9. The molecule has 0 aromatic carbocycles. The summed E-state index contributed by atoms with van der Waals surface area (Å²) < 4.78 is 4.21. The van der Waals surface area contributed by atoms with E-state index in [0.29, 0.717) is 6.26 Å². The molecule has 0 radical (unpaired) electrons. The van der Waals surface area contributed by atoms with E-state index in [9.17, 15) is 0 Å². The number of aliphatic hydroxyl groups excluding tert-OH is 2. The molecule has 6 nitrogen and oxygen atoms in total. The number of aliphatic hydroxyl groups is 5. The molecule has 1 heterocycles. The second kappa shape index (κ2) is 2.08. The average Bonchev–Trinajstić information content (AvgIpc) is 2.15. The third kappa shape index (κ3) is 0.881. The smallest absolute Gasteiger partial charge is 0.296 e. The van der Waals surface area contributed by atoms with Crippen molar-refractivity contribution in [3.05, 3.63) is 12.0 Å². The first-order valence-corrected chi connectivity index (χ1v) is 2.79. The Morgan fingerprint density at radius 3 is 2.09 bits per heavy atom. The van der Waals surface area contributed by atoms with Gasteiger partial charge < -0.3 is 30.3 Å². The van der Waals surface area contributed by atoms with Crippen LogP contribution in [0.2, 0.25) is 0 Å². The predicted octanol–water partition coefficient (Wildman–Crippen LogP) is -2.22. The minimum absolute atomic E-state index is 0.552. The van der Waals surface area contributed by atoms with Gasteiger partial charge in [0, 0.05) is 0 Å². The summed E-state index contributed by atoms with van der Waals surface area (Å²) in [5.41, 5.74) is 0. The lowest BCUT2D eigenvalue weighted by atomic mass is 10.1. The molecule has 0 saturated heterocycles. The van der Waals surface area contributed by atoms with E-state index in [0.717, 1.165) is 0 Å². The predicted molar refractivity (Wildman–Crippen MR) is 31.0 cm³/mol. The number of rotatable bonds is 1. The summed E-state index contributed by atoms with van der Waals surface area (Å²) in [6, 6.07) is 0. The van der Waals surface area contributed by atoms with E-state index in [2.05, 4.69) is 4.74 Å². The van der Waals surface area contributed by atoms with E-state index in [1.54, 1.807) is 0 Å². The third-order valence-electron chi connectivity index (χ3n) is 1.48. The molecule has 1 rings (SSSR count). The van der Waals surface area contributed by atoms with Crippen LogP contribution in [0.5, 0.6) is 0 Å². The third-order valence-corrected chi connectivity index (χ3v) is 1.48. The molecule has 6 heteroatoms. The Balaban J connectivity index is 2.94. The van der Waals surface area contributed by atoms with Gasteiger partial charge in [0.1, 0.15) is 12.9 Å². The molecule has 1 unspecified atom stereocenters. The van der Waals surface area contributed by atoms with Gasteiger partial charge in [0.05, 0.1) is 0 Å². The molecule has 0 spiro atoms. The van der Waals surface area contributed by atoms with E-state index < -0.39 is 23.9 Å². The van der Waals surface area contributed by atoms with Crippen molar-refractivity contribution < 1.29 is 30.3 Å². The highest BCUT2D eigenvalue weighted by atomic mass is 16.7. The minimum atomic E-state index is -2.94. The highest BCUT2D eigenvalue weighted by molar-refractivity contribution is 5.12. The Morgan fingerprint density at radius 2 is 1.91 bits per heavy atom. The Labute approximate surface area is 61.6 Å². The summed E-state index contributed by atoms with van der Waals surface area (Å²) in [7, 11) is 0. The fourth-order valence-corrected chi connectivity index (χ4v) is 0.665. The van der Waals surface area contributed by atoms with Crippen molar-refractivity contribution in [1.29, 1.82) is 0 Å². The van der Waals surface area contributed by atoms with Gasteiger partial charge >= 0.3 is 0 Å². The Morgan fingerprint density at radius 1 is 1.36 bits per heavy atom. The lowest BCUT2D eigenvalue weighted by molar-refractivity contribution is -0.338. The molecule has 0 amide bonds. The maximum absolute atomic E-state index is 9.01. The van der Waals surface area contributed by atoms with E-state index in [-0.39, 0.29) is 0 Å². The van der Waals surface area contributed by atoms with Crippen LogP contribution in [0.25, 0.3) is 0 Å². The van der Waals surface area contributed by atoms with Crippen molar-refractivity contribution in [1.82, 2.24) is 0 Å². The molecule has 1 aliphatic heterocycles. The first-order chi connectivity index (χ1) is 4.94. The fourth-order valence-electron chi connectivity index (χ4n) is 0.665. The summed E-state index contributed by atoms with van der Waals surface area (Å²) in [5.74, 6) is -6.46. The molecular formula is C5H8O6. The van der Waals surface area contributed by atoms with E-state index in [1.165, 1.54) is 0 Å². The summed E-state index contributed by atoms with van der Waals surface area (Å²) in [6.45, 7) is -1.04. The number of hydrogen-bond donors (Lipinski definition) is 5. The molecule has 1 atom stereocenters. The van der Waals surface area contributed by atoms with Crippen LogP contribution < -0.4 is 0 Å². The maximum atomic E-state index is 9.01. The number of hydrogen-bond acceptors (Lipinski definition) is 6. The standard InChI is InChI=1S/C5H8O6/c6-2-4(8)5(9,10)3(7)1-11-4/h1,6-10H,2H2. The molecule has 5 N–H and O–H groups in total. The lowest BCUT2D eigenvalue weighted by Gasteiger charge is -2.29. The molecule has 1 aliphatic rings. The molecule has 0 saturated carbocycles. The first-order valence-electron chi connectivity index (χ1n) is 2.79. The van der Waals surface area contributed by atoms with Gasteiger partial charge in [0.25, 0.3) is 11.6 Å². The summed E-state index contributed by atoms with van der Waals surface area (Å²) in [6.07, 6.45) is 0.552. The quantitative estimate of drug-likeness (QED) is 0.281. The van der Waals surface area contributed by atoms with Gasteiger partial charge in [-0.15, -0.1) is 0 Å². The zero-order valence-electron chi connectivity index (χ0n) is 5.43. The zero-order chi connectivity index (χ0) is 8.70. The highest BCUT2D eigenvalue weighted by Crippen LogP contribution is 2.33. The number of ether oxygens (including phenoxy) is 1. The van der Waals surface area contributed by atoms with Crippen LogP contribution in [-0.4, -0.2) is 43.7 Å². The molecule has 0 bridgehead atoms. The van der Waals surface area contributed by atoms with Crippen LogP contribution in [0.15, 0.2) is 12.0 Å². The highest BCUT2D eigenvalue weighted by Gasteiger charge is 2.58. The molecule has 0 aliphatic carbocycles. The second-order valence-corrected chi connectivity index (χ2v) is 2.24. The van der Waals surface area contributed by atoms with Crippen LogP contribution in [0.3, 0.4) is 0 Å². The van der Waals surface area contributed by atoms with Gasteiger partial charge in [-0.2, -0.15) is 0 Å². The van der Waals surface area contributed by atoms with Crippen molar-refractivity contribution in [2.75, 3.05) is 6.61 Å². The van der Waals surface area contributed by atoms with Gasteiger partial charge in [-0.25, -0.2) is 0 Å². The van der Waals surface area contributed by atoms with Crippen LogP contribution >= 0.6 is 0 Å². The van der Waals surface area contributed by atoms with Crippen molar-refractivity contribution in [3.63, 3.8) is 0 Å². The van der Waals surface area contributed by atoms with Crippen molar-refractivity contribution >= 4 is 0 Å². The zero-order valence-corrected chi connectivity index (χ0v) is 5.43. The van der Waals surface area contributed by atoms with E-state index in [1.807, 2.05) is 0 Å². The molecular weight excluding hydrogens is 156 g/mol. The second-order valence-electron chi connectivity index (χ2n) is 2.24. The Hall–Kier alpha value is -0.820. The van der Waals surface area contributed by atoms with Crippen LogP contribution in [-0.2, 0) is 4.74 Å². The lowest BCUT2D eigenvalue weighted by Crippen LogP contribution is -2.55. The monoisotopic (exact) mass is 164 g/mol. The van der Waals surface area contributed by atoms with E-state index >= 15 is 0 Å². The van der Waals surface area contributed by atoms with E-state index in [4.69, 9.17) is 25.5 Å². The summed E-state index contributed by atoms with van der Waals surface area (Å²) in [4.78, 5) is 0. The Kier molecular flexibility index (Phi) is 1.57.